The summed E-state index contributed by atoms with van der Waals surface area (Å²) in [6.45, 7) is 5.39. The Morgan fingerprint density at radius 3 is 2.57 bits per heavy atom. The lowest BCUT2D eigenvalue weighted by Crippen LogP contribution is -2.23. The maximum absolute atomic E-state index is 13.4. The van der Waals surface area contributed by atoms with Crippen molar-refractivity contribution in [2.75, 3.05) is 11.4 Å². The van der Waals surface area contributed by atoms with E-state index >= 15 is 0 Å². The number of anilines is 1. The number of rotatable bonds is 5. The summed E-state index contributed by atoms with van der Waals surface area (Å²) in [4.78, 5) is 13.1. The first-order chi connectivity index (χ1) is 10.0. The molecule has 21 heavy (non-hydrogen) atoms. The molecule has 2 aromatic rings. The summed E-state index contributed by atoms with van der Waals surface area (Å²) in [6, 6.07) is 12.3. The lowest BCUT2D eigenvalue weighted by atomic mass is 10.1. The number of hydrogen-bond donors (Lipinski definition) is 1. The second-order valence-corrected chi connectivity index (χ2v) is 4.92. The Bertz CT molecular complexity index is 655. The zero-order valence-electron chi connectivity index (χ0n) is 12.1. The number of para-hydroxylation sites is 1. The average molecular weight is 287 g/mol. The van der Waals surface area contributed by atoms with Crippen LogP contribution in [0.4, 0.5) is 10.1 Å². The third-order valence-electron chi connectivity index (χ3n) is 3.47. The molecule has 0 heterocycles. The van der Waals surface area contributed by atoms with E-state index in [2.05, 4.69) is 4.90 Å². The Labute approximate surface area is 123 Å². The Morgan fingerprint density at radius 1 is 1.24 bits per heavy atom. The van der Waals surface area contributed by atoms with Gasteiger partial charge in [0, 0.05) is 18.8 Å². The minimum Gasteiger partial charge on any atom is -0.478 e. The summed E-state index contributed by atoms with van der Waals surface area (Å²) >= 11 is 0. The van der Waals surface area contributed by atoms with Crippen molar-refractivity contribution in [3.05, 3.63) is 65.0 Å². The average Bonchev–Trinajstić information content (AvgIpc) is 2.47. The van der Waals surface area contributed by atoms with Crippen molar-refractivity contribution in [2.24, 2.45) is 0 Å². The first-order valence-electron chi connectivity index (χ1n) is 6.85. The second kappa shape index (κ2) is 6.39. The van der Waals surface area contributed by atoms with Crippen LogP contribution < -0.4 is 4.90 Å². The summed E-state index contributed by atoms with van der Waals surface area (Å²) < 4.78 is 13.4. The van der Waals surface area contributed by atoms with E-state index in [4.69, 9.17) is 5.11 Å². The molecule has 0 saturated carbocycles. The van der Waals surface area contributed by atoms with Crippen LogP contribution in [-0.4, -0.2) is 17.6 Å². The molecule has 0 fully saturated rings. The molecular formula is C17H18FNO2. The van der Waals surface area contributed by atoms with E-state index in [1.807, 2.05) is 38.1 Å². The number of nitrogens with zero attached hydrogens (tertiary/aromatic N) is 1. The van der Waals surface area contributed by atoms with Gasteiger partial charge < -0.3 is 10.0 Å². The predicted molar refractivity (Wildman–Crippen MR) is 81.3 cm³/mol. The molecule has 0 spiro atoms. The zero-order valence-corrected chi connectivity index (χ0v) is 12.1. The van der Waals surface area contributed by atoms with Crippen LogP contribution in [0.5, 0.6) is 0 Å². The molecule has 0 aliphatic carbocycles. The fourth-order valence-corrected chi connectivity index (χ4v) is 2.34. The van der Waals surface area contributed by atoms with E-state index in [0.29, 0.717) is 6.54 Å². The first-order valence-corrected chi connectivity index (χ1v) is 6.85. The maximum atomic E-state index is 13.4. The largest absolute Gasteiger partial charge is 0.478 e. The molecule has 0 radical (unpaired) electrons. The van der Waals surface area contributed by atoms with Gasteiger partial charge in [-0.15, -0.1) is 0 Å². The molecule has 0 aliphatic heterocycles. The third-order valence-corrected chi connectivity index (χ3v) is 3.47. The van der Waals surface area contributed by atoms with Crippen molar-refractivity contribution < 1.29 is 14.3 Å². The standard InChI is InChI=1S/C17H18FNO2/c1-3-19(16-7-5-4-6-12(16)2)11-13-8-9-15(18)14(10-13)17(20)21/h4-10H,3,11H2,1-2H3,(H,20,21). The van der Waals surface area contributed by atoms with Gasteiger partial charge >= 0.3 is 5.97 Å². The van der Waals surface area contributed by atoms with Crippen LogP contribution in [0, 0.1) is 12.7 Å². The number of carbonyl (C=O) groups is 1. The van der Waals surface area contributed by atoms with Crippen LogP contribution in [0.15, 0.2) is 42.5 Å². The lowest BCUT2D eigenvalue weighted by Gasteiger charge is -2.25. The van der Waals surface area contributed by atoms with Gasteiger partial charge in [-0.3, -0.25) is 0 Å². The number of hydrogen-bond acceptors (Lipinski definition) is 2. The van der Waals surface area contributed by atoms with Crippen molar-refractivity contribution >= 4 is 11.7 Å². The summed E-state index contributed by atoms with van der Waals surface area (Å²) in [5.74, 6) is -1.95. The number of carboxylic acids is 1. The van der Waals surface area contributed by atoms with Gasteiger partial charge in [-0.2, -0.15) is 0 Å². The molecule has 0 atom stereocenters. The van der Waals surface area contributed by atoms with Crippen molar-refractivity contribution in [1.29, 1.82) is 0 Å². The highest BCUT2D eigenvalue weighted by Crippen LogP contribution is 2.22. The SMILES string of the molecule is CCN(Cc1ccc(F)c(C(=O)O)c1)c1ccccc1C. The fourth-order valence-electron chi connectivity index (χ4n) is 2.34. The van der Waals surface area contributed by atoms with Crippen molar-refractivity contribution in [2.45, 2.75) is 20.4 Å². The maximum Gasteiger partial charge on any atom is 0.338 e. The topological polar surface area (TPSA) is 40.5 Å². The third kappa shape index (κ3) is 3.40. The van der Waals surface area contributed by atoms with E-state index in [1.165, 1.54) is 12.1 Å². The van der Waals surface area contributed by atoms with Gasteiger partial charge in [-0.25, -0.2) is 9.18 Å². The molecule has 0 aliphatic rings. The van der Waals surface area contributed by atoms with Crippen LogP contribution in [0.3, 0.4) is 0 Å². The summed E-state index contributed by atoms with van der Waals surface area (Å²) in [7, 11) is 0. The number of aryl methyl sites for hydroxylation is 1. The normalized spacial score (nSPS) is 10.4. The minimum atomic E-state index is -1.24. The van der Waals surface area contributed by atoms with Gasteiger partial charge in [0.2, 0.25) is 0 Å². The van der Waals surface area contributed by atoms with Gasteiger partial charge in [0.1, 0.15) is 5.82 Å². The highest BCUT2D eigenvalue weighted by atomic mass is 19.1. The zero-order chi connectivity index (χ0) is 15.4. The van der Waals surface area contributed by atoms with Crippen LogP contribution in [0.2, 0.25) is 0 Å². The van der Waals surface area contributed by atoms with Crippen LogP contribution in [0.25, 0.3) is 0 Å². The Hall–Kier alpha value is -2.36. The Morgan fingerprint density at radius 2 is 1.95 bits per heavy atom. The number of halogens is 1. The molecule has 110 valence electrons. The van der Waals surface area contributed by atoms with Gasteiger partial charge in [0.25, 0.3) is 0 Å². The molecule has 0 unspecified atom stereocenters. The number of benzene rings is 2. The molecule has 0 saturated heterocycles. The van der Waals surface area contributed by atoms with Crippen molar-refractivity contribution in [3.63, 3.8) is 0 Å². The molecule has 3 nitrogen and oxygen atoms in total. The summed E-state index contributed by atoms with van der Waals surface area (Å²) in [5, 5.41) is 8.99. The molecule has 2 aromatic carbocycles. The molecule has 0 bridgehead atoms. The minimum absolute atomic E-state index is 0.284. The monoisotopic (exact) mass is 287 g/mol. The highest BCUT2D eigenvalue weighted by Gasteiger charge is 2.13. The van der Waals surface area contributed by atoms with E-state index < -0.39 is 11.8 Å². The number of aromatic carboxylic acids is 1. The highest BCUT2D eigenvalue weighted by molar-refractivity contribution is 5.88. The van der Waals surface area contributed by atoms with Crippen LogP contribution >= 0.6 is 0 Å². The van der Waals surface area contributed by atoms with E-state index in [1.54, 1.807) is 6.07 Å². The molecule has 0 amide bonds. The van der Waals surface area contributed by atoms with Crippen molar-refractivity contribution in [1.82, 2.24) is 0 Å². The summed E-state index contributed by atoms with van der Waals surface area (Å²) in [5.41, 5.74) is 2.74. The molecule has 4 heteroatoms. The predicted octanol–water partition coefficient (Wildman–Crippen LogP) is 3.86. The molecule has 0 aromatic heterocycles. The fraction of sp³-hybridized carbons (Fsp3) is 0.235. The Balaban J connectivity index is 2.29. The van der Waals surface area contributed by atoms with Crippen LogP contribution in [-0.2, 0) is 6.54 Å². The van der Waals surface area contributed by atoms with Gasteiger partial charge in [0.15, 0.2) is 0 Å². The van der Waals surface area contributed by atoms with E-state index in [-0.39, 0.29) is 5.56 Å². The molecule has 2 rings (SSSR count). The molecular weight excluding hydrogens is 269 g/mol. The van der Waals surface area contributed by atoms with Crippen molar-refractivity contribution in [3.8, 4) is 0 Å². The Kier molecular flexibility index (Phi) is 4.58. The second-order valence-electron chi connectivity index (χ2n) is 4.92. The van der Waals surface area contributed by atoms with E-state index in [9.17, 15) is 9.18 Å². The first kappa shape index (κ1) is 15.0. The molecule has 1 N–H and O–H groups in total. The van der Waals surface area contributed by atoms with E-state index in [0.717, 1.165) is 23.4 Å². The van der Waals surface area contributed by atoms with Crippen LogP contribution in [0.1, 0.15) is 28.4 Å². The smallest absolute Gasteiger partial charge is 0.338 e. The van der Waals surface area contributed by atoms with Gasteiger partial charge in [-0.1, -0.05) is 24.3 Å². The van der Waals surface area contributed by atoms with Gasteiger partial charge in [0.05, 0.1) is 5.56 Å². The quantitative estimate of drug-likeness (QED) is 0.907. The lowest BCUT2D eigenvalue weighted by molar-refractivity contribution is 0.0691. The van der Waals surface area contributed by atoms with Gasteiger partial charge in [-0.05, 0) is 43.2 Å². The summed E-state index contributed by atoms with van der Waals surface area (Å²) in [6.07, 6.45) is 0. The number of carboxylic acid groups (broad SMARTS) is 1.